The lowest BCUT2D eigenvalue weighted by molar-refractivity contribution is 0.0940. The summed E-state index contributed by atoms with van der Waals surface area (Å²) in [6.07, 6.45) is 0. The van der Waals surface area contributed by atoms with E-state index in [-0.39, 0.29) is 17.7 Å². The van der Waals surface area contributed by atoms with E-state index in [4.69, 9.17) is 0 Å². The Morgan fingerprint density at radius 3 is 2.50 bits per heavy atom. The van der Waals surface area contributed by atoms with Crippen molar-refractivity contribution in [1.29, 1.82) is 0 Å². The van der Waals surface area contributed by atoms with Gasteiger partial charge in [-0.2, -0.15) is 0 Å². The van der Waals surface area contributed by atoms with Crippen LogP contribution in [0.25, 0.3) is 10.8 Å². The predicted octanol–water partition coefficient (Wildman–Crippen LogP) is 3.64. The van der Waals surface area contributed by atoms with Crippen LogP contribution in [0.4, 0.5) is 0 Å². The Morgan fingerprint density at radius 2 is 1.88 bits per heavy atom. The van der Waals surface area contributed by atoms with Gasteiger partial charge in [0.15, 0.2) is 0 Å². The fourth-order valence-corrected chi connectivity index (χ4v) is 3.64. The van der Waals surface area contributed by atoms with Crippen LogP contribution in [-0.4, -0.2) is 36.6 Å². The molecule has 4 nitrogen and oxygen atoms in total. The van der Waals surface area contributed by atoms with Crippen LogP contribution in [0.5, 0.6) is 5.75 Å². The van der Waals surface area contributed by atoms with E-state index in [0.717, 1.165) is 10.8 Å². The van der Waals surface area contributed by atoms with Gasteiger partial charge in [-0.1, -0.05) is 30.3 Å². The predicted molar refractivity (Wildman–Crippen MR) is 98.7 cm³/mol. The Balaban J connectivity index is 1.78. The number of fused-ring (bicyclic) bond motifs is 1. The van der Waals surface area contributed by atoms with Crippen molar-refractivity contribution in [2.45, 2.75) is 6.04 Å². The maximum absolute atomic E-state index is 12.5. The fourth-order valence-electron chi connectivity index (χ4n) is 2.71. The number of nitrogens with one attached hydrogen (secondary N) is 1. The third kappa shape index (κ3) is 3.42. The summed E-state index contributed by atoms with van der Waals surface area (Å²) in [5.74, 6) is -0.259. The van der Waals surface area contributed by atoms with Gasteiger partial charge in [-0.25, -0.2) is 0 Å². The number of aromatic hydroxyl groups is 1. The number of rotatable bonds is 5. The molecule has 1 amide bonds. The second-order valence-electron chi connectivity index (χ2n) is 5.92. The van der Waals surface area contributed by atoms with Gasteiger partial charge in [-0.3, -0.25) is 4.79 Å². The SMILES string of the molecule is CN(C)C(CNC(=O)c1cc2ccccc2cc1O)c1cccs1. The second kappa shape index (κ2) is 7.03. The summed E-state index contributed by atoms with van der Waals surface area (Å²) in [5, 5.41) is 17.0. The number of carbonyl (C=O) groups is 1. The van der Waals surface area contributed by atoms with Crippen molar-refractivity contribution < 1.29 is 9.90 Å². The Bertz CT molecular complexity index is 844. The summed E-state index contributed by atoms with van der Waals surface area (Å²) in [7, 11) is 3.98. The number of nitrogens with zero attached hydrogens (tertiary/aromatic N) is 1. The highest BCUT2D eigenvalue weighted by molar-refractivity contribution is 7.10. The van der Waals surface area contributed by atoms with Crippen LogP contribution >= 0.6 is 11.3 Å². The summed E-state index contributed by atoms with van der Waals surface area (Å²) in [4.78, 5) is 15.8. The molecule has 1 unspecified atom stereocenters. The molecule has 124 valence electrons. The first-order valence-corrected chi connectivity index (χ1v) is 8.64. The van der Waals surface area contributed by atoms with Gasteiger partial charge < -0.3 is 15.3 Å². The molecule has 5 heteroatoms. The molecule has 0 bridgehead atoms. The molecular weight excluding hydrogens is 320 g/mol. The molecule has 1 atom stereocenters. The van der Waals surface area contributed by atoms with Crippen molar-refractivity contribution in [3.05, 3.63) is 64.4 Å². The van der Waals surface area contributed by atoms with Crippen LogP contribution < -0.4 is 5.32 Å². The van der Waals surface area contributed by atoms with E-state index >= 15 is 0 Å². The number of carbonyl (C=O) groups excluding carboxylic acids is 1. The lowest BCUT2D eigenvalue weighted by atomic mass is 10.1. The van der Waals surface area contributed by atoms with Crippen LogP contribution in [0.3, 0.4) is 0 Å². The largest absolute Gasteiger partial charge is 0.507 e. The van der Waals surface area contributed by atoms with Gasteiger partial charge in [0.1, 0.15) is 5.75 Å². The standard InChI is InChI=1S/C19H20N2O2S/c1-21(2)16(18-8-5-9-24-18)12-20-19(23)15-10-13-6-3-4-7-14(13)11-17(15)22/h3-11,16,22H,12H2,1-2H3,(H,20,23). The van der Waals surface area contributed by atoms with Crippen molar-refractivity contribution in [2.24, 2.45) is 0 Å². The Hall–Kier alpha value is -2.37. The van der Waals surface area contributed by atoms with Crippen molar-refractivity contribution in [1.82, 2.24) is 10.2 Å². The monoisotopic (exact) mass is 340 g/mol. The van der Waals surface area contributed by atoms with Gasteiger partial charge in [0.05, 0.1) is 11.6 Å². The molecule has 0 fully saturated rings. The van der Waals surface area contributed by atoms with Crippen molar-refractivity contribution >= 4 is 28.0 Å². The minimum absolute atomic E-state index is 0.00345. The van der Waals surface area contributed by atoms with Crippen LogP contribution in [-0.2, 0) is 0 Å². The molecule has 0 aliphatic heterocycles. The number of amides is 1. The zero-order chi connectivity index (χ0) is 17.1. The molecule has 0 saturated carbocycles. The topological polar surface area (TPSA) is 52.6 Å². The van der Waals surface area contributed by atoms with Crippen molar-refractivity contribution in [3.8, 4) is 5.75 Å². The first-order chi connectivity index (χ1) is 11.6. The van der Waals surface area contributed by atoms with Gasteiger partial charge in [0, 0.05) is 11.4 Å². The molecule has 2 aromatic carbocycles. The molecule has 2 N–H and O–H groups in total. The van der Waals surface area contributed by atoms with E-state index in [0.29, 0.717) is 12.1 Å². The number of thiophene rings is 1. The van der Waals surface area contributed by atoms with E-state index < -0.39 is 0 Å². The number of likely N-dealkylation sites (N-methyl/N-ethyl adjacent to an activating group) is 1. The lowest BCUT2D eigenvalue weighted by Gasteiger charge is -2.23. The zero-order valence-corrected chi connectivity index (χ0v) is 14.5. The van der Waals surface area contributed by atoms with Crippen LogP contribution in [0.15, 0.2) is 53.9 Å². The first-order valence-electron chi connectivity index (χ1n) is 7.76. The molecule has 0 spiro atoms. The lowest BCUT2D eigenvalue weighted by Crippen LogP contribution is -2.34. The van der Waals surface area contributed by atoms with E-state index in [9.17, 15) is 9.90 Å². The number of hydrogen-bond acceptors (Lipinski definition) is 4. The maximum Gasteiger partial charge on any atom is 0.255 e. The van der Waals surface area contributed by atoms with Gasteiger partial charge in [-0.15, -0.1) is 11.3 Å². The second-order valence-corrected chi connectivity index (χ2v) is 6.90. The molecule has 3 aromatic rings. The zero-order valence-electron chi connectivity index (χ0n) is 13.7. The smallest absolute Gasteiger partial charge is 0.255 e. The van der Waals surface area contributed by atoms with Crippen molar-refractivity contribution in [3.63, 3.8) is 0 Å². The molecule has 24 heavy (non-hydrogen) atoms. The normalized spacial score (nSPS) is 12.5. The average Bonchev–Trinajstić information content (AvgIpc) is 3.08. The molecule has 1 heterocycles. The average molecular weight is 340 g/mol. The summed E-state index contributed by atoms with van der Waals surface area (Å²) >= 11 is 1.67. The Kier molecular flexibility index (Phi) is 4.83. The number of phenolic OH excluding ortho intramolecular Hbond substituents is 1. The minimum Gasteiger partial charge on any atom is -0.507 e. The number of hydrogen-bond donors (Lipinski definition) is 2. The third-order valence-electron chi connectivity index (χ3n) is 4.06. The molecule has 1 aromatic heterocycles. The fraction of sp³-hybridized carbons (Fsp3) is 0.211. The van der Waals surface area contributed by atoms with Crippen LogP contribution in [0, 0.1) is 0 Å². The quantitative estimate of drug-likeness (QED) is 0.745. The molecule has 0 aliphatic rings. The van der Waals surface area contributed by atoms with Gasteiger partial charge >= 0.3 is 0 Å². The minimum atomic E-state index is -0.262. The van der Waals surface area contributed by atoms with Gasteiger partial charge in [0.2, 0.25) is 0 Å². The molecular formula is C19H20N2O2S. The summed E-state index contributed by atoms with van der Waals surface area (Å²) in [6, 6.07) is 15.2. The highest BCUT2D eigenvalue weighted by atomic mass is 32.1. The van der Waals surface area contributed by atoms with E-state index in [1.807, 2.05) is 49.8 Å². The third-order valence-corrected chi connectivity index (χ3v) is 5.03. The first kappa shape index (κ1) is 16.5. The van der Waals surface area contributed by atoms with Crippen LogP contribution in [0.1, 0.15) is 21.3 Å². The number of phenols is 1. The van der Waals surface area contributed by atoms with Gasteiger partial charge in [-0.05, 0) is 48.4 Å². The Morgan fingerprint density at radius 1 is 1.17 bits per heavy atom. The Labute approximate surface area is 145 Å². The van der Waals surface area contributed by atoms with Crippen LogP contribution in [0.2, 0.25) is 0 Å². The summed E-state index contributed by atoms with van der Waals surface area (Å²) in [5.41, 5.74) is 0.303. The number of benzene rings is 2. The molecule has 0 aliphatic carbocycles. The highest BCUT2D eigenvalue weighted by Gasteiger charge is 2.18. The molecule has 0 radical (unpaired) electrons. The van der Waals surface area contributed by atoms with Gasteiger partial charge in [0.25, 0.3) is 5.91 Å². The maximum atomic E-state index is 12.5. The summed E-state index contributed by atoms with van der Waals surface area (Å²) in [6.45, 7) is 0.485. The van der Waals surface area contributed by atoms with E-state index in [1.165, 1.54) is 4.88 Å². The van der Waals surface area contributed by atoms with E-state index in [1.54, 1.807) is 23.5 Å². The summed E-state index contributed by atoms with van der Waals surface area (Å²) < 4.78 is 0. The molecule has 0 saturated heterocycles. The van der Waals surface area contributed by atoms with E-state index in [2.05, 4.69) is 16.3 Å². The van der Waals surface area contributed by atoms with Crippen molar-refractivity contribution in [2.75, 3.05) is 20.6 Å². The highest BCUT2D eigenvalue weighted by Crippen LogP contribution is 2.26. The molecule has 3 rings (SSSR count).